The Labute approximate surface area is 121 Å². The Morgan fingerprint density at radius 2 is 1.65 bits per heavy atom. The molecule has 0 saturated heterocycles. The summed E-state index contributed by atoms with van der Waals surface area (Å²) in [7, 11) is 0. The van der Waals surface area contributed by atoms with Crippen LogP contribution in [0, 0.1) is 0 Å². The minimum Gasteiger partial charge on any atom is -0.382 e. The first-order valence-electron chi connectivity index (χ1n) is 4.35. The van der Waals surface area contributed by atoms with Crippen molar-refractivity contribution < 1.29 is 18.3 Å². The zero-order chi connectivity index (χ0) is 13.2. The predicted octanol–water partition coefficient (Wildman–Crippen LogP) is 4.31. The van der Waals surface area contributed by atoms with E-state index < -0.39 is 18.8 Å². The minimum atomic E-state index is -4.62. The molecule has 2 N–H and O–H groups in total. The van der Waals surface area contributed by atoms with E-state index in [1.54, 1.807) is 12.1 Å². The normalized spacial score (nSPS) is 13.6. The molecule has 2 nitrogen and oxygen atoms in total. The van der Waals surface area contributed by atoms with Crippen molar-refractivity contribution in [1.82, 2.24) is 0 Å². The van der Waals surface area contributed by atoms with E-state index in [0.29, 0.717) is 14.6 Å². The molecule has 0 aromatic heterocycles. The molecule has 0 heterocycles. The maximum Gasteiger partial charge on any atom is 0.416 e. The van der Waals surface area contributed by atoms with E-state index in [1.807, 2.05) is 0 Å². The highest BCUT2D eigenvalue weighted by molar-refractivity contribution is 9.11. The molecular weight excluding hydrogens is 435 g/mol. The second-order valence-electron chi connectivity index (χ2n) is 3.18. The standard InChI is InChI=1S/C9H7Br3F3NO/c10-4-1-5(11)8(6(12)2-4)16-3-7(17)9(13,14)15/h1-2,7,16-17H,3H2. The van der Waals surface area contributed by atoms with Crippen LogP contribution in [0.25, 0.3) is 0 Å². The van der Waals surface area contributed by atoms with Gasteiger partial charge in [0.1, 0.15) is 0 Å². The average Bonchev–Trinajstić information content (AvgIpc) is 2.13. The van der Waals surface area contributed by atoms with Gasteiger partial charge in [-0.3, -0.25) is 0 Å². The van der Waals surface area contributed by atoms with Crippen molar-refractivity contribution >= 4 is 53.5 Å². The highest BCUT2D eigenvalue weighted by Crippen LogP contribution is 2.34. The molecule has 0 aliphatic heterocycles. The number of aliphatic hydroxyl groups is 1. The molecule has 0 aliphatic rings. The molecule has 1 unspecified atom stereocenters. The molecule has 1 rings (SSSR count). The molecule has 0 radical (unpaired) electrons. The van der Waals surface area contributed by atoms with Gasteiger partial charge in [0.2, 0.25) is 0 Å². The fraction of sp³-hybridized carbons (Fsp3) is 0.333. The van der Waals surface area contributed by atoms with Crippen molar-refractivity contribution in [2.45, 2.75) is 12.3 Å². The van der Waals surface area contributed by atoms with E-state index in [-0.39, 0.29) is 0 Å². The second-order valence-corrected chi connectivity index (χ2v) is 5.81. The first kappa shape index (κ1) is 15.3. The number of anilines is 1. The number of rotatable bonds is 3. The van der Waals surface area contributed by atoms with Crippen LogP contribution in [-0.2, 0) is 0 Å². The molecule has 96 valence electrons. The summed E-state index contributed by atoms with van der Waals surface area (Å²) >= 11 is 9.67. The van der Waals surface area contributed by atoms with Crippen LogP contribution in [-0.4, -0.2) is 23.9 Å². The molecule has 1 atom stereocenters. The highest BCUT2D eigenvalue weighted by atomic mass is 79.9. The Bertz CT molecular complexity index is 388. The van der Waals surface area contributed by atoms with Gasteiger partial charge in [0.05, 0.1) is 5.69 Å². The van der Waals surface area contributed by atoms with E-state index >= 15 is 0 Å². The Morgan fingerprint density at radius 3 is 2.06 bits per heavy atom. The lowest BCUT2D eigenvalue weighted by Gasteiger charge is -2.17. The van der Waals surface area contributed by atoms with Gasteiger partial charge in [-0.2, -0.15) is 13.2 Å². The van der Waals surface area contributed by atoms with Gasteiger partial charge in [0.25, 0.3) is 0 Å². The molecule has 8 heteroatoms. The molecule has 1 aromatic rings. The third kappa shape index (κ3) is 4.42. The van der Waals surface area contributed by atoms with Crippen LogP contribution in [0.3, 0.4) is 0 Å². The van der Waals surface area contributed by atoms with Crippen LogP contribution in [0.5, 0.6) is 0 Å². The maximum absolute atomic E-state index is 12.1. The molecule has 0 fully saturated rings. The summed E-state index contributed by atoms with van der Waals surface area (Å²) < 4.78 is 38.2. The van der Waals surface area contributed by atoms with E-state index in [4.69, 9.17) is 5.11 Å². The number of aliphatic hydroxyl groups excluding tert-OH is 1. The molecule has 1 aromatic carbocycles. The first-order valence-corrected chi connectivity index (χ1v) is 6.73. The van der Waals surface area contributed by atoms with Gasteiger partial charge < -0.3 is 10.4 Å². The smallest absolute Gasteiger partial charge is 0.382 e. The number of alkyl halides is 3. The third-order valence-electron chi connectivity index (χ3n) is 1.86. The summed E-state index contributed by atoms with van der Waals surface area (Å²) in [6.45, 7) is -0.609. The maximum atomic E-state index is 12.1. The summed E-state index contributed by atoms with van der Waals surface area (Å²) in [5, 5.41) is 11.4. The zero-order valence-corrected chi connectivity index (χ0v) is 12.9. The number of hydrogen-bond donors (Lipinski definition) is 2. The molecule has 0 spiro atoms. The van der Waals surface area contributed by atoms with Gasteiger partial charge in [0.15, 0.2) is 6.10 Å². The summed E-state index contributed by atoms with van der Waals surface area (Å²) in [5.74, 6) is 0. The van der Waals surface area contributed by atoms with Crippen LogP contribution in [0.15, 0.2) is 25.6 Å². The number of benzene rings is 1. The van der Waals surface area contributed by atoms with Gasteiger partial charge in [-0.1, -0.05) is 15.9 Å². The lowest BCUT2D eigenvalue weighted by atomic mass is 10.3. The van der Waals surface area contributed by atoms with E-state index in [0.717, 1.165) is 4.47 Å². The second kappa shape index (κ2) is 5.90. The lowest BCUT2D eigenvalue weighted by Crippen LogP contribution is -2.35. The average molecular weight is 442 g/mol. The fourth-order valence-electron chi connectivity index (χ4n) is 1.03. The lowest BCUT2D eigenvalue weighted by molar-refractivity contribution is -0.198. The highest BCUT2D eigenvalue weighted by Gasteiger charge is 2.37. The summed E-state index contributed by atoms with van der Waals surface area (Å²) in [6.07, 6.45) is -7.02. The molecule has 0 amide bonds. The van der Waals surface area contributed by atoms with Gasteiger partial charge in [-0.25, -0.2) is 0 Å². The molecule has 0 saturated carbocycles. The number of nitrogens with one attached hydrogen (secondary N) is 1. The Balaban J connectivity index is 2.77. The topological polar surface area (TPSA) is 32.3 Å². The first-order chi connectivity index (χ1) is 7.71. The van der Waals surface area contributed by atoms with Crippen molar-refractivity contribution in [1.29, 1.82) is 0 Å². The SMILES string of the molecule is OC(CNc1c(Br)cc(Br)cc1Br)C(F)(F)F. The monoisotopic (exact) mass is 439 g/mol. The Kier molecular flexibility index (Phi) is 5.30. The summed E-state index contributed by atoms with van der Waals surface area (Å²) in [6, 6.07) is 3.38. The van der Waals surface area contributed by atoms with Crippen LogP contribution < -0.4 is 5.32 Å². The van der Waals surface area contributed by atoms with E-state index in [1.165, 1.54) is 0 Å². The van der Waals surface area contributed by atoms with E-state index in [2.05, 4.69) is 53.1 Å². The van der Waals surface area contributed by atoms with Crippen molar-refractivity contribution in [3.63, 3.8) is 0 Å². The van der Waals surface area contributed by atoms with Gasteiger partial charge in [0, 0.05) is 20.0 Å². The van der Waals surface area contributed by atoms with Crippen LogP contribution in [0.1, 0.15) is 0 Å². The predicted molar refractivity (Wildman–Crippen MR) is 70.1 cm³/mol. The van der Waals surface area contributed by atoms with Crippen LogP contribution in [0.4, 0.5) is 18.9 Å². The van der Waals surface area contributed by atoms with Gasteiger partial charge in [-0.05, 0) is 44.0 Å². The minimum absolute atomic E-state index is 0.455. The molecule has 17 heavy (non-hydrogen) atoms. The Hall–Kier alpha value is 0.210. The molecular formula is C9H7Br3F3NO. The third-order valence-corrected chi connectivity index (χ3v) is 3.57. The van der Waals surface area contributed by atoms with Crippen LogP contribution in [0.2, 0.25) is 0 Å². The van der Waals surface area contributed by atoms with Gasteiger partial charge >= 0.3 is 6.18 Å². The van der Waals surface area contributed by atoms with Gasteiger partial charge in [-0.15, -0.1) is 0 Å². The summed E-state index contributed by atoms with van der Waals surface area (Å²) in [4.78, 5) is 0. The Morgan fingerprint density at radius 1 is 1.18 bits per heavy atom. The van der Waals surface area contributed by atoms with Crippen LogP contribution >= 0.6 is 47.8 Å². The van der Waals surface area contributed by atoms with Crippen molar-refractivity contribution in [2.24, 2.45) is 0 Å². The summed E-state index contributed by atoms with van der Waals surface area (Å²) in [5.41, 5.74) is 0.455. The van der Waals surface area contributed by atoms with Crippen molar-refractivity contribution in [3.8, 4) is 0 Å². The molecule has 0 aliphatic carbocycles. The molecule has 0 bridgehead atoms. The number of halogens is 6. The quantitative estimate of drug-likeness (QED) is 0.732. The largest absolute Gasteiger partial charge is 0.416 e. The zero-order valence-electron chi connectivity index (χ0n) is 8.15. The number of hydrogen-bond acceptors (Lipinski definition) is 2. The fourth-order valence-corrected chi connectivity index (χ4v) is 3.56. The van der Waals surface area contributed by atoms with Crippen molar-refractivity contribution in [2.75, 3.05) is 11.9 Å². The van der Waals surface area contributed by atoms with E-state index in [9.17, 15) is 13.2 Å². The van der Waals surface area contributed by atoms with Crippen molar-refractivity contribution in [3.05, 3.63) is 25.6 Å².